The Hall–Kier alpha value is -2.17. The van der Waals surface area contributed by atoms with E-state index in [2.05, 4.69) is 4.98 Å². The summed E-state index contributed by atoms with van der Waals surface area (Å²) in [7, 11) is 0. The highest BCUT2D eigenvalue weighted by Crippen LogP contribution is 2.22. The molecule has 1 aliphatic heterocycles. The van der Waals surface area contributed by atoms with Crippen molar-refractivity contribution in [1.29, 1.82) is 0 Å². The van der Waals surface area contributed by atoms with Gasteiger partial charge in [0.15, 0.2) is 0 Å². The summed E-state index contributed by atoms with van der Waals surface area (Å²) in [6.07, 6.45) is 2.13. The molecule has 1 aliphatic rings. The van der Waals surface area contributed by atoms with Crippen LogP contribution in [0, 0.1) is 19.8 Å². The first-order valence-corrected chi connectivity index (χ1v) is 8.13. The third-order valence-corrected chi connectivity index (χ3v) is 4.84. The van der Waals surface area contributed by atoms with E-state index in [0.717, 1.165) is 16.6 Å². The van der Waals surface area contributed by atoms with E-state index in [-0.39, 0.29) is 23.4 Å². The second-order valence-electron chi connectivity index (χ2n) is 6.82. The molecule has 0 saturated carbocycles. The van der Waals surface area contributed by atoms with Crippen LogP contribution >= 0.6 is 0 Å². The molecule has 2 heterocycles. The van der Waals surface area contributed by atoms with Crippen LogP contribution in [0.15, 0.2) is 23.3 Å². The first-order valence-electron chi connectivity index (χ1n) is 8.13. The van der Waals surface area contributed by atoms with E-state index in [1.165, 1.54) is 0 Å². The first-order chi connectivity index (χ1) is 10.9. The molecule has 23 heavy (non-hydrogen) atoms. The quantitative estimate of drug-likeness (QED) is 0.873. The topological polar surface area (TPSA) is 55.2 Å². The Bertz CT molecular complexity index is 823. The van der Waals surface area contributed by atoms with Gasteiger partial charge in [0, 0.05) is 31.5 Å². The van der Waals surface area contributed by atoms with E-state index in [1.54, 1.807) is 10.9 Å². The van der Waals surface area contributed by atoms with Gasteiger partial charge in [0.25, 0.3) is 5.56 Å². The molecule has 1 aromatic heterocycles. The number of aryl methyl sites for hydroxylation is 2. The number of nitrogens with zero attached hydrogens (tertiary/aromatic N) is 3. The third-order valence-electron chi connectivity index (χ3n) is 4.84. The monoisotopic (exact) mass is 313 g/mol. The third kappa shape index (κ3) is 2.76. The SMILES string of the molecule is Cc1ccc2c(=O)n(CC3CC(=O)N(C(C)C)C3)cnc2c1C. The Labute approximate surface area is 135 Å². The molecule has 1 saturated heterocycles. The van der Waals surface area contributed by atoms with Crippen molar-refractivity contribution in [2.24, 2.45) is 5.92 Å². The Kier molecular flexibility index (Phi) is 3.96. The predicted molar refractivity (Wildman–Crippen MR) is 90.4 cm³/mol. The van der Waals surface area contributed by atoms with Crippen molar-refractivity contribution in [2.75, 3.05) is 6.54 Å². The summed E-state index contributed by atoms with van der Waals surface area (Å²) in [6.45, 7) is 9.32. The summed E-state index contributed by atoms with van der Waals surface area (Å²) in [5.41, 5.74) is 2.94. The van der Waals surface area contributed by atoms with Crippen LogP contribution in [0.4, 0.5) is 0 Å². The van der Waals surface area contributed by atoms with Gasteiger partial charge in [0.2, 0.25) is 5.91 Å². The van der Waals surface area contributed by atoms with Crippen molar-refractivity contribution in [2.45, 2.75) is 46.7 Å². The van der Waals surface area contributed by atoms with Gasteiger partial charge in [-0.05, 0) is 44.9 Å². The molecule has 0 radical (unpaired) electrons. The summed E-state index contributed by atoms with van der Waals surface area (Å²) < 4.78 is 1.65. The zero-order valence-electron chi connectivity index (χ0n) is 14.2. The summed E-state index contributed by atoms with van der Waals surface area (Å²) in [5, 5.41) is 0.653. The number of rotatable bonds is 3. The van der Waals surface area contributed by atoms with Crippen molar-refractivity contribution in [1.82, 2.24) is 14.5 Å². The molecule has 0 N–H and O–H groups in total. The van der Waals surface area contributed by atoms with Gasteiger partial charge in [-0.2, -0.15) is 0 Å². The summed E-state index contributed by atoms with van der Waals surface area (Å²) in [6, 6.07) is 4.03. The van der Waals surface area contributed by atoms with Crippen molar-refractivity contribution < 1.29 is 4.79 Å². The maximum atomic E-state index is 12.7. The Morgan fingerprint density at radius 1 is 1.26 bits per heavy atom. The smallest absolute Gasteiger partial charge is 0.261 e. The standard InChI is InChI=1S/C18H23N3O2/c1-11(2)21-9-14(7-16(21)22)8-20-10-19-17-13(4)12(3)5-6-15(17)18(20)23/h5-6,10-11,14H,7-9H2,1-4H3. The largest absolute Gasteiger partial charge is 0.340 e. The van der Waals surface area contributed by atoms with Crippen molar-refractivity contribution >= 4 is 16.8 Å². The number of hydrogen-bond acceptors (Lipinski definition) is 3. The van der Waals surface area contributed by atoms with Gasteiger partial charge in [-0.3, -0.25) is 14.2 Å². The molecule has 1 aromatic carbocycles. The van der Waals surface area contributed by atoms with Crippen molar-refractivity contribution in [3.8, 4) is 0 Å². The number of carbonyl (C=O) groups excluding carboxylic acids is 1. The number of fused-ring (bicyclic) bond motifs is 1. The minimum Gasteiger partial charge on any atom is -0.340 e. The average molecular weight is 313 g/mol. The lowest BCUT2D eigenvalue weighted by atomic mass is 10.1. The van der Waals surface area contributed by atoms with Gasteiger partial charge in [-0.1, -0.05) is 6.07 Å². The van der Waals surface area contributed by atoms with Gasteiger partial charge < -0.3 is 4.90 Å². The Morgan fingerprint density at radius 2 is 2.00 bits per heavy atom. The van der Waals surface area contributed by atoms with Crippen molar-refractivity contribution in [3.05, 3.63) is 39.9 Å². The number of amides is 1. The van der Waals surface area contributed by atoms with Crippen LogP contribution in [-0.4, -0.2) is 32.9 Å². The van der Waals surface area contributed by atoms with E-state index in [4.69, 9.17) is 0 Å². The van der Waals surface area contributed by atoms with Crippen molar-refractivity contribution in [3.63, 3.8) is 0 Å². The maximum absolute atomic E-state index is 12.7. The normalized spacial score (nSPS) is 18.4. The molecule has 122 valence electrons. The molecule has 3 rings (SSSR count). The van der Waals surface area contributed by atoms with E-state index in [1.807, 2.05) is 44.7 Å². The minimum absolute atomic E-state index is 0.0199. The van der Waals surface area contributed by atoms with Gasteiger partial charge >= 0.3 is 0 Å². The van der Waals surface area contributed by atoms with Crippen LogP contribution in [0.5, 0.6) is 0 Å². The number of likely N-dealkylation sites (tertiary alicyclic amines) is 1. The fourth-order valence-electron chi connectivity index (χ4n) is 3.31. The molecular formula is C18H23N3O2. The molecule has 5 heteroatoms. The number of carbonyl (C=O) groups is 1. The molecule has 0 spiro atoms. The minimum atomic E-state index is -0.0199. The van der Waals surface area contributed by atoms with Gasteiger partial charge in [-0.25, -0.2) is 4.98 Å². The molecule has 2 aromatic rings. The molecule has 1 amide bonds. The highest BCUT2D eigenvalue weighted by Gasteiger charge is 2.31. The zero-order chi connectivity index (χ0) is 16.7. The zero-order valence-corrected chi connectivity index (χ0v) is 14.2. The summed E-state index contributed by atoms with van der Waals surface area (Å²) in [4.78, 5) is 31.1. The summed E-state index contributed by atoms with van der Waals surface area (Å²) in [5.74, 6) is 0.353. The molecule has 1 unspecified atom stereocenters. The van der Waals surface area contributed by atoms with E-state index in [9.17, 15) is 9.59 Å². The molecular weight excluding hydrogens is 290 g/mol. The van der Waals surface area contributed by atoms with Crippen LogP contribution < -0.4 is 5.56 Å². The van der Waals surface area contributed by atoms with Crippen LogP contribution in [0.2, 0.25) is 0 Å². The highest BCUT2D eigenvalue weighted by molar-refractivity contribution is 5.81. The second kappa shape index (κ2) is 5.80. The predicted octanol–water partition coefficient (Wildman–Crippen LogP) is 2.27. The van der Waals surface area contributed by atoms with E-state index < -0.39 is 0 Å². The lowest BCUT2D eigenvalue weighted by molar-refractivity contribution is -0.129. The maximum Gasteiger partial charge on any atom is 0.261 e. The second-order valence-corrected chi connectivity index (χ2v) is 6.82. The number of aromatic nitrogens is 2. The van der Waals surface area contributed by atoms with E-state index in [0.29, 0.717) is 24.9 Å². The fourth-order valence-corrected chi connectivity index (χ4v) is 3.31. The van der Waals surface area contributed by atoms with Crippen LogP contribution in [-0.2, 0) is 11.3 Å². The van der Waals surface area contributed by atoms with Crippen LogP contribution in [0.25, 0.3) is 10.9 Å². The van der Waals surface area contributed by atoms with Gasteiger partial charge in [0.05, 0.1) is 17.2 Å². The molecule has 1 atom stereocenters. The lowest BCUT2D eigenvalue weighted by Gasteiger charge is -2.21. The lowest BCUT2D eigenvalue weighted by Crippen LogP contribution is -2.33. The number of hydrogen-bond donors (Lipinski definition) is 0. The highest BCUT2D eigenvalue weighted by atomic mass is 16.2. The fraction of sp³-hybridized carbons (Fsp3) is 0.500. The Balaban J connectivity index is 1.90. The molecule has 5 nitrogen and oxygen atoms in total. The van der Waals surface area contributed by atoms with Crippen LogP contribution in [0.1, 0.15) is 31.4 Å². The molecule has 0 aliphatic carbocycles. The van der Waals surface area contributed by atoms with E-state index >= 15 is 0 Å². The van der Waals surface area contributed by atoms with Gasteiger partial charge in [0.1, 0.15) is 0 Å². The molecule has 1 fully saturated rings. The van der Waals surface area contributed by atoms with Gasteiger partial charge in [-0.15, -0.1) is 0 Å². The summed E-state index contributed by atoms with van der Waals surface area (Å²) >= 11 is 0. The Morgan fingerprint density at radius 3 is 2.65 bits per heavy atom. The first kappa shape index (κ1) is 15.7. The molecule has 0 bridgehead atoms. The van der Waals surface area contributed by atoms with Crippen LogP contribution in [0.3, 0.4) is 0 Å². The number of benzene rings is 1. The average Bonchev–Trinajstić information content (AvgIpc) is 2.87.